The van der Waals surface area contributed by atoms with Crippen molar-refractivity contribution in [2.75, 3.05) is 26.4 Å². The van der Waals surface area contributed by atoms with Crippen LogP contribution in [0.25, 0.3) is 0 Å². The number of unbranched alkanes of at least 4 members (excludes halogenated alkanes) is 32. The van der Waals surface area contributed by atoms with Crippen molar-refractivity contribution in [1.82, 2.24) is 0 Å². The fraction of sp³-hybridized carbons (Fsp3) is 0.722. The Labute approximate surface area is 505 Å². The fourth-order valence-electron chi connectivity index (χ4n) is 9.45. The molecule has 0 radical (unpaired) electrons. The number of phosphoric acid groups is 1. The first kappa shape index (κ1) is 78.7. The summed E-state index contributed by atoms with van der Waals surface area (Å²) in [6, 6.07) is 0. The number of carbonyl (C=O) groups is 2. The molecule has 2 atom stereocenters. The van der Waals surface area contributed by atoms with Gasteiger partial charge in [-0.15, -0.1) is 0 Å². The van der Waals surface area contributed by atoms with Gasteiger partial charge in [0.25, 0.3) is 0 Å². The lowest BCUT2D eigenvalue weighted by Gasteiger charge is -2.19. The summed E-state index contributed by atoms with van der Waals surface area (Å²) in [7, 11) is -4.40. The van der Waals surface area contributed by atoms with Gasteiger partial charge in [-0.05, 0) is 83.5 Å². The van der Waals surface area contributed by atoms with E-state index in [4.69, 9.17) is 24.3 Å². The standard InChI is InChI=1S/C72H126NO8P/c1-3-5-7-9-11-13-15-17-19-21-23-25-27-29-31-32-33-34-35-36-37-38-39-41-43-45-47-49-51-53-55-57-59-61-63-65-72(75)81-70(69-80-82(76,77)79-67-66-73)68-78-71(74)64-62-60-58-56-54-52-50-48-46-44-42-40-30-28-26-24-22-20-18-16-14-12-10-8-6-4-2/h5,7,11,13,17,19,23,25,29,31,33-34,36-37,39,41,45,47,70H,3-4,6,8-10,12,14-16,18,20-22,24,26-28,30,32,35,38,40,42-44,46,48-69,73H2,1-2H3,(H,76,77)/b7-5-,13-11-,19-17-,25-23-,31-29-,34-33-,37-36-,41-39-,47-45-. The molecule has 0 aliphatic carbocycles. The molecule has 0 aliphatic rings. The summed E-state index contributed by atoms with van der Waals surface area (Å²) >= 11 is 0. The van der Waals surface area contributed by atoms with E-state index in [0.717, 1.165) is 103 Å². The Bertz CT molecular complexity index is 1710. The van der Waals surface area contributed by atoms with Crippen molar-refractivity contribution in [2.24, 2.45) is 5.73 Å². The highest BCUT2D eigenvalue weighted by molar-refractivity contribution is 7.47. The number of hydrogen-bond acceptors (Lipinski definition) is 8. The van der Waals surface area contributed by atoms with Crippen molar-refractivity contribution in [3.05, 3.63) is 109 Å². The summed E-state index contributed by atoms with van der Waals surface area (Å²) in [5.41, 5.74) is 5.40. The highest BCUT2D eigenvalue weighted by atomic mass is 31.2. The number of hydrogen-bond donors (Lipinski definition) is 2. The molecule has 82 heavy (non-hydrogen) atoms. The van der Waals surface area contributed by atoms with E-state index in [0.29, 0.717) is 6.42 Å². The molecule has 0 aromatic rings. The van der Waals surface area contributed by atoms with Gasteiger partial charge in [0.2, 0.25) is 0 Å². The minimum absolute atomic E-state index is 0.0478. The quantitative estimate of drug-likeness (QED) is 0.0264. The summed E-state index contributed by atoms with van der Waals surface area (Å²) in [6.07, 6.45) is 91.7. The molecule has 0 bridgehead atoms. The molecule has 0 heterocycles. The molecule has 0 spiro atoms. The van der Waals surface area contributed by atoms with Crippen LogP contribution >= 0.6 is 7.82 Å². The maximum absolute atomic E-state index is 12.8. The average Bonchev–Trinajstić information content (AvgIpc) is 3.49. The van der Waals surface area contributed by atoms with Crippen LogP contribution in [-0.2, 0) is 32.7 Å². The number of rotatable bonds is 63. The third-order valence-electron chi connectivity index (χ3n) is 14.4. The predicted octanol–water partition coefficient (Wildman–Crippen LogP) is 22.1. The molecule has 0 aliphatic heterocycles. The Hall–Kier alpha value is -3.33. The molecule has 9 nitrogen and oxygen atoms in total. The number of carbonyl (C=O) groups excluding carboxylic acids is 2. The Morgan fingerprint density at radius 1 is 0.378 bits per heavy atom. The summed E-state index contributed by atoms with van der Waals surface area (Å²) in [6.45, 7) is 3.65. The molecule has 0 aromatic heterocycles. The Morgan fingerprint density at radius 3 is 1.00 bits per heavy atom. The highest BCUT2D eigenvalue weighted by Crippen LogP contribution is 2.43. The van der Waals surface area contributed by atoms with Gasteiger partial charge < -0.3 is 20.1 Å². The van der Waals surface area contributed by atoms with Gasteiger partial charge in [-0.25, -0.2) is 4.57 Å². The number of nitrogens with two attached hydrogens (primary N) is 1. The van der Waals surface area contributed by atoms with E-state index in [2.05, 4.69) is 123 Å². The zero-order chi connectivity index (χ0) is 59.4. The number of allylic oxidation sites excluding steroid dienone is 18. The third-order valence-corrected chi connectivity index (χ3v) is 15.4. The molecular weight excluding hydrogens is 1040 g/mol. The molecule has 10 heteroatoms. The minimum atomic E-state index is -4.40. The first-order chi connectivity index (χ1) is 40.3. The van der Waals surface area contributed by atoms with E-state index in [1.165, 1.54) is 167 Å². The van der Waals surface area contributed by atoms with E-state index < -0.39 is 26.5 Å². The fourth-order valence-corrected chi connectivity index (χ4v) is 10.2. The molecule has 0 amide bonds. The minimum Gasteiger partial charge on any atom is -0.462 e. The van der Waals surface area contributed by atoms with Crippen LogP contribution in [0.15, 0.2) is 109 Å². The second kappa shape index (κ2) is 66.8. The second-order valence-corrected chi connectivity index (χ2v) is 23.8. The lowest BCUT2D eigenvalue weighted by atomic mass is 10.0. The molecule has 472 valence electrons. The number of ether oxygens (including phenoxy) is 2. The van der Waals surface area contributed by atoms with Crippen molar-refractivity contribution in [1.29, 1.82) is 0 Å². The van der Waals surface area contributed by atoms with Gasteiger partial charge in [0, 0.05) is 19.4 Å². The van der Waals surface area contributed by atoms with Crippen molar-refractivity contribution < 1.29 is 37.6 Å². The van der Waals surface area contributed by atoms with Gasteiger partial charge in [0.15, 0.2) is 6.10 Å². The van der Waals surface area contributed by atoms with Crippen LogP contribution in [0.3, 0.4) is 0 Å². The molecule has 0 rings (SSSR count). The van der Waals surface area contributed by atoms with Crippen LogP contribution in [-0.4, -0.2) is 49.3 Å². The number of phosphoric ester groups is 1. The Balaban J connectivity index is 3.96. The molecule has 0 fully saturated rings. The highest BCUT2D eigenvalue weighted by Gasteiger charge is 2.26. The second-order valence-electron chi connectivity index (χ2n) is 22.3. The summed E-state index contributed by atoms with van der Waals surface area (Å²) < 4.78 is 33.1. The monoisotopic (exact) mass is 1160 g/mol. The molecule has 0 saturated carbocycles. The van der Waals surface area contributed by atoms with Crippen LogP contribution in [0.4, 0.5) is 0 Å². The van der Waals surface area contributed by atoms with Crippen LogP contribution in [0.5, 0.6) is 0 Å². The zero-order valence-electron chi connectivity index (χ0n) is 52.9. The molecule has 3 N–H and O–H groups in total. The maximum atomic E-state index is 12.8. The van der Waals surface area contributed by atoms with Gasteiger partial charge in [-0.2, -0.15) is 0 Å². The van der Waals surface area contributed by atoms with Crippen LogP contribution in [0.1, 0.15) is 303 Å². The van der Waals surface area contributed by atoms with Crippen LogP contribution in [0, 0.1) is 0 Å². The van der Waals surface area contributed by atoms with Gasteiger partial charge in [0.1, 0.15) is 6.61 Å². The summed E-state index contributed by atoms with van der Waals surface area (Å²) in [5.74, 6) is -0.834. The summed E-state index contributed by atoms with van der Waals surface area (Å²) in [4.78, 5) is 35.3. The zero-order valence-corrected chi connectivity index (χ0v) is 53.8. The van der Waals surface area contributed by atoms with Crippen molar-refractivity contribution >= 4 is 19.8 Å². The SMILES string of the molecule is CC/C=C\C/C=C\C/C=C\C/C=C\C/C=C\C/C=C\C/C=C\C/C=C\C/C=C\CCCCCCCCCC(=O)OC(COC(=O)CCCCCCCCCCCCCCCCCCCCCCCCCCCC)COP(=O)(O)OCCN. The Morgan fingerprint density at radius 2 is 0.671 bits per heavy atom. The van der Waals surface area contributed by atoms with Gasteiger partial charge in [0.05, 0.1) is 13.2 Å². The van der Waals surface area contributed by atoms with Gasteiger partial charge in [-0.3, -0.25) is 18.6 Å². The van der Waals surface area contributed by atoms with E-state index in [9.17, 15) is 19.0 Å². The molecule has 0 aromatic carbocycles. The smallest absolute Gasteiger partial charge is 0.462 e. The first-order valence-corrected chi connectivity index (χ1v) is 35.4. The topological polar surface area (TPSA) is 134 Å². The van der Waals surface area contributed by atoms with Gasteiger partial charge in [-0.1, -0.05) is 316 Å². The van der Waals surface area contributed by atoms with Crippen molar-refractivity contribution in [3.63, 3.8) is 0 Å². The maximum Gasteiger partial charge on any atom is 0.472 e. The van der Waals surface area contributed by atoms with Crippen LogP contribution in [0.2, 0.25) is 0 Å². The first-order valence-electron chi connectivity index (χ1n) is 33.9. The molecule has 0 saturated heterocycles. The predicted molar refractivity (Wildman–Crippen MR) is 353 cm³/mol. The van der Waals surface area contributed by atoms with E-state index in [1.807, 2.05) is 0 Å². The normalized spacial score (nSPS) is 13.7. The van der Waals surface area contributed by atoms with Crippen LogP contribution < -0.4 is 5.73 Å². The molecular formula is C72H126NO8P. The third kappa shape index (κ3) is 65.8. The van der Waals surface area contributed by atoms with E-state index in [-0.39, 0.29) is 38.6 Å². The lowest BCUT2D eigenvalue weighted by Crippen LogP contribution is -2.29. The van der Waals surface area contributed by atoms with E-state index in [1.54, 1.807) is 0 Å². The molecule has 2 unspecified atom stereocenters. The summed E-state index contributed by atoms with van der Waals surface area (Å²) in [5, 5.41) is 0. The van der Waals surface area contributed by atoms with Gasteiger partial charge >= 0.3 is 19.8 Å². The Kier molecular flexibility index (Phi) is 64.1. The van der Waals surface area contributed by atoms with Crippen molar-refractivity contribution in [3.8, 4) is 0 Å². The van der Waals surface area contributed by atoms with Crippen molar-refractivity contribution in [2.45, 2.75) is 309 Å². The van der Waals surface area contributed by atoms with E-state index >= 15 is 0 Å². The lowest BCUT2D eigenvalue weighted by molar-refractivity contribution is -0.161. The number of esters is 2. The average molecular weight is 1160 g/mol. The largest absolute Gasteiger partial charge is 0.472 e.